The van der Waals surface area contributed by atoms with Gasteiger partial charge in [0.2, 0.25) is 20.6 Å². The van der Waals surface area contributed by atoms with Crippen LogP contribution in [-0.4, -0.2) is 48.3 Å². The van der Waals surface area contributed by atoms with Crippen LogP contribution in [0, 0.1) is 0 Å². The molecule has 2 amide bonds. The molecule has 1 aliphatic rings. The summed E-state index contributed by atoms with van der Waals surface area (Å²) >= 11 is 16.6. The summed E-state index contributed by atoms with van der Waals surface area (Å²) in [6, 6.07) is -1.35. The van der Waals surface area contributed by atoms with E-state index in [4.69, 9.17) is 50.2 Å². The van der Waals surface area contributed by atoms with Crippen molar-refractivity contribution in [3.05, 3.63) is 12.2 Å². The molecule has 136 valence electrons. The Balaban J connectivity index is 3.15. The Morgan fingerprint density at radius 3 is 2.33 bits per heavy atom. The normalized spacial score (nSPS) is 23.1. The first kappa shape index (κ1) is 21.5. The van der Waals surface area contributed by atoms with Gasteiger partial charge in [0.05, 0.1) is 6.42 Å². The van der Waals surface area contributed by atoms with Crippen LogP contribution >= 0.6 is 45.5 Å². The molecule has 0 bridgehead atoms. The molecule has 1 heterocycles. The van der Waals surface area contributed by atoms with Gasteiger partial charge in [0, 0.05) is 6.92 Å². The monoisotopic (exact) mass is 438 g/mol. The zero-order valence-electron chi connectivity index (χ0n) is 12.6. The SMILES string of the molecule is C=C(C)C(C(=O)OCC(Cl)(Cl)Cl)N1C(=O)CC1(NC(C)=O)S(=O)Cl. The second-order valence-electron chi connectivity index (χ2n) is 5.10. The van der Waals surface area contributed by atoms with Gasteiger partial charge in [0.1, 0.15) is 6.61 Å². The lowest BCUT2D eigenvalue weighted by Gasteiger charge is -2.51. The van der Waals surface area contributed by atoms with E-state index in [9.17, 15) is 18.6 Å². The maximum Gasteiger partial charge on any atom is 0.333 e. The summed E-state index contributed by atoms with van der Waals surface area (Å²) in [5.41, 5.74) is 0.189. The van der Waals surface area contributed by atoms with Crippen LogP contribution in [0.15, 0.2) is 12.2 Å². The molecule has 1 aliphatic heterocycles. The van der Waals surface area contributed by atoms with Crippen molar-refractivity contribution in [2.24, 2.45) is 0 Å². The van der Waals surface area contributed by atoms with E-state index < -0.39 is 49.2 Å². The maximum atomic E-state index is 12.3. The lowest BCUT2D eigenvalue weighted by Crippen LogP contribution is -2.76. The highest BCUT2D eigenvalue weighted by Gasteiger charge is 2.61. The number of carbonyl (C=O) groups excluding carboxylic acids is 3. The molecule has 3 unspecified atom stereocenters. The molecule has 0 aromatic carbocycles. The number of carbonyl (C=O) groups is 3. The van der Waals surface area contributed by atoms with Crippen LogP contribution in [0.4, 0.5) is 0 Å². The van der Waals surface area contributed by atoms with E-state index in [2.05, 4.69) is 11.9 Å². The number of hydrogen-bond donors (Lipinski definition) is 1. The van der Waals surface area contributed by atoms with Crippen molar-refractivity contribution < 1.29 is 23.3 Å². The molecular weight excluding hydrogens is 426 g/mol. The lowest BCUT2D eigenvalue weighted by molar-refractivity contribution is -0.168. The number of ether oxygens (including phenoxy) is 1. The van der Waals surface area contributed by atoms with Crippen LogP contribution in [0.25, 0.3) is 0 Å². The zero-order chi connectivity index (χ0) is 18.9. The molecule has 0 spiro atoms. The van der Waals surface area contributed by atoms with Gasteiger partial charge in [-0.25, -0.2) is 9.00 Å². The van der Waals surface area contributed by atoms with Crippen molar-refractivity contribution in [3.8, 4) is 0 Å². The second kappa shape index (κ2) is 7.78. The van der Waals surface area contributed by atoms with Gasteiger partial charge < -0.3 is 10.1 Å². The number of hydrogen-bond acceptors (Lipinski definition) is 5. The maximum absolute atomic E-state index is 12.3. The first-order chi connectivity index (χ1) is 10.8. The molecule has 12 heteroatoms. The van der Waals surface area contributed by atoms with E-state index in [1.54, 1.807) is 0 Å². The van der Waals surface area contributed by atoms with E-state index in [0.717, 1.165) is 11.8 Å². The van der Waals surface area contributed by atoms with Crippen molar-refractivity contribution in [1.29, 1.82) is 0 Å². The van der Waals surface area contributed by atoms with Gasteiger partial charge >= 0.3 is 5.97 Å². The molecule has 1 saturated heterocycles. The quantitative estimate of drug-likeness (QED) is 0.224. The lowest BCUT2D eigenvalue weighted by atomic mass is 10.00. The smallest absolute Gasteiger partial charge is 0.333 e. The van der Waals surface area contributed by atoms with Gasteiger partial charge in [0.15, 0.2) is 16.1 Å². The standard InChI is InChI=1S/C12H14Cl4N2O5S/c1-6(2)9(10(21)23-5-11(13,14)15)18-8(20)4-12(18,24(16)22)17-7(3)19/h9H,1,4-5H2,2-3H3,(H,17,19). The van der Waals surface area contributed by atoms with Gasteiger partial charge in [-0.05, 0) is 23.2 Å². The molecule has 3 atom stereocenters. The minimum atomic E-state index is -2.21. The van der Waals surface area contributed by atoms with Crippen molar-refractivity contribution in [2.45, 2.75) is 35.1 Å². The van der Waals surface area contributed by atoms with Gasteiger partial charge in [-0.2, -0.15) is 0 Å². The largest absolute Gasteiger partial charge is 0.459 e. The van der Waals surface area contributed by atoms with Crippen LogP contribution in [0.2, 0.25) is 0 Å². The summed E-state index contributed by atoms with van der Waals surface area (Å²) in [6.07, 6.45) is -0.343. The third-order valence-electron chi connectivity index (χ3n) is 3.01. The van der Waals surface area contributed by atoms with E-state index in [-0.39, 0.29) is 12.0 Å². The summed E-state index contributed by atoms with van der Waals surface area (Å²) in [6.45, 7) is 5.65. The fourth-order valence-electron chi connectivity index (χ4n) is 2.15. The van der Waals surface area contributed by atoms with Crippen LogP contribution in [0.5, 0.6) is 0 Å². The third-order valence-corrected chi connectivity index (χ3v) is 5.08. The van der Waals surface area contributed by atoms with Gasteiger partial charge in [-0.1, -0.05) is 41.4 Å². The molecule has 0 aliphatic carbocycles. The number of alkyl halides is 3. The molecule has 0 radical (unpaired) electrons. The first-order valence-corrected chi connectivity index (χ1v) is 9.50. The summed E-state index contributed by atoms with van der Waals surface area (Å²) in [5.74, 6) is -2.12. The summed E-state index contributed by atoms with van der Waals surface area (Å²) in [4.78, 5) is 34.9. The first-order valence-electron chi connectivity index (χ1n) is 6.39. The molecule has 1 fully saturated rings. The number of halogens is 4. The molecular formula is C12H14Cl4N2O5S. The number of likely N-dealkylation sites (tertiary alicyclic amines) is 1. The zero-order valence-corrected chi connectivity index (χ0v) is 16.4. The number of nitrogens with one attached hydrogen (secondary N) is 1. The topological polar surface area (TPSA) is 92.8 Å². The summed E-state index contributed by atoms with van der Waals surface area (Å²) in [7, 11) is 3.45. The molecule has 24 heavy (non-hydrogen) atoms. The van der Waals surface area contributed by atoms with E-state index in [1.807, 2.05) is 0 Å². The van der Waals surface area contributed by atoms with Crippen LogP contribution in [0.3, 0.4) is 0 Å². The highest BCUT2D eigenvalue weighted by Crippen LogP contribution is 2.38. The Bertz CT molecular complexity index is 609. The van der Waals surface area contributed by atoms with E-state index >= 15 is 0 Å². The highest BCUT2D eigenvalue weighted by molar-refractivity contribution is 8.09. The number of amides is 2. The molecule has 0 aromatic heterocycles. The Kier molecular flexibility index (Phi) is 6.97. The average molecular weight is 440 g/mol. The Morgan fingerprint density at radius 2 is 2.00 bits per heavy atom. The van der Waals surface area contributed by atoms with Gasteiger partial charge in [-0.3, -0.25) is 14.5 Å². The number of β-lactam (4-membered cyclic amide) rings is 1. The molecule has 0 aromatic rings. The highest BCUT2D eigenvalue weighted by atomic mass is 35.7. The Hall–Kier alpha value is -0.540. The molecule has 1 rings (SSSR count). The van der Waals surface area contributed by atoms with E-state index in [1.165, 1.54) is 6.92 Å². The molecule has 1 N–H and O–H groups in total. The third kappa shape index (κ3) is 4.76. The van der Waals surface area contributed by atoms with Crippen molar-refractivity contribution >= 4 is 73.3 Å². The average Bonchev–Trinajstić information content (AvgIpc) is 2.39. The number of rotatable bonds is 6. The molecule has 0 saturated carbocycles. The Morgan fingerprint density at radius 1 is 1.46 bits per heavy atom. The van der Waals surface area contributed by atoms with Crippen molar-refractivity contribution in [3.63, 3.8) is 0 Å². The Labute approximate surface area is 160 Å². The minimum absolute atomic E-state index is 0.189. The van der Waals surface area contributed by atoms with Gasteiger partial charge in [-0.15, -0.1) is 0 Å². The van der Waals surface area contributed by atoms with Crippen molar-refractivity contribution in [1.82, 2.24) is 10.2 Å². The summed E-state index contributed by atoms with van der Waals surface area (Å²) in [5, 5.41) is 2.34. The number of esters is 1. The van der Waals surface area contributed by atoms with Crippen LogP contribution < -0.4 is 5.32 Å². The number of nitrogens with zero attached hydrogens (tertiary/aromatic N) is 1. The minimum Gasteiger partial charge on any atom is -0.459 e. The fraction of sp³-hybridized carbons (Fsp3) is 0.583. The van der Waals surface area contributed by atoms with Crippen molar-refractivity contribution in [2.75, 3.05) is 6.61 Å². The summed E-state index contributed by atoms with van der Waals surface area (Å²) < 4.78 is 14.9. The predicted octanol–water partition coefficient (Wildman–Crippen LogP) is 1.77. The second-order valence-corrected chi connectivity index (χ2v) is 9.58. The molecule has 7 nitrogen and oxygen atoms in total. The van der Waals surface area contributed by atoms with Crippen LogP contribution in [-0.2, 0) is 29.1 Å². The van der Waals surface area contributed by atoms with Crippen LogP contribution in [0.1, 0.15) is 20.3 Å². The van der Waals surface area contributed by atoms with Gasteiger partial charge in [0.25, 0.3) is 0 Å². The predicted molar refractivity (Wildman–Crippen MR) is 91.9 cm³/mol. The van der Waals surface area contributed by atoms with E-state index in [0.29, 0.717) is 0 Å². The fourth-order valence-corrected chi connectivity index (χ4v) is 3.64.